The summed E-state index contributed by atoms with van der Waals surface area (Å²) in [5, 5.41) is 3.47. The minimum atomic E-state index is 0.00290. The lowest BCUT2D eigenvalue weighted by molar-refractivity contribution is -0.119. The Hall–Kier alpha value is -1.57. The quantitative estimate of drug-likeness (QED) is 0.718. The maximum atomic E-state index is 12.0. The van der Waals surface area contributed by atoms with E-state index in [-0.39, 0.29) is 23.6 Å². The number of anilines is 2. The standard InChI is InChI=1S/C13H22N6OS/c14-11-17-12(15)19-13(18-11)21-8-10(20)16-9-6-4-2-1-3-5-7-9/h9H,1-8H2,(H,16,20)(H4,14,15,17,18,19). The second kappa shape index (κ2) is 8.02. The van der Waals surface area contributed by atoms with Gasteiger partial charge in [0.1, 0.15) is 0 Å². The van der Waals surface area contributed by atoms with E-state index in [1.54, 1.807) is 0 Å². The molecule has 0 atom stereocenters. The van der Waals surface area contributed by atoms with Crippen LogP contribution >= 0.6 is 11.8 Å². The van der Waals surface area contributed by atoms with E-state index in [9.17, 15) is 4.79 Å². The molecule has 0 aliphatic heterocycles. The highest BCUT2D eigenvalue weighted by molar-refractivity contribution is 7.99. The van der Waals surface area contributed by atoms with Gasteiger partial charge < -0.3 is 16.8 Å². The molecule has 0 bridgehead atoms. The van der Waals surface area contributed by atoms with Crippen molar-refractivity contribution in [1.82, 2.24) is 20.3 Å². The zero-order valence-electron chi connectivity index (χ0n) is 12.0. The number of nitrogens with one attached hydrogen (secondary N) is 1. The summed E-state index contributed by atoms with van der Waals surface area (Å²) in [5.41, 5.74) is 11.0. The molecule has 1 aromatic heterocycles. The third kappa shape index (κ3) is 5.74. The van der Waals surface area contributed by atoms with Crippen molar-refractivity contribution in [3.05, 3.63) is 0 Å². The molecule has 1 heterocycles. The van der Waals surface area contributed by atoms with Crippen LogP contribution in [0.3, 0.4) is 0 Å². The van der Waals surface area contributed by atoms with Crippen LogP contribution in [0, 0.1) is 0 Å². The van der Waals surface area contributed by atoms with Crippen LogP contribution < -0.4 is 16.8 Å². The Labute approximate surface area is 128 Å². The zero-order chi connectivity index (χ0) is 15.1. The van der Waals surface area contributed by atoms with Gasteiger partial charge in [0.15, 0.2) is 5.16 Å². The van der Waals surface area contributed by atoms with E-state index >= 15 is 0 Å². The van der Waals surface area contributed by atoms with Crippen molar-refractivity contribution < 1.29 is 4.79 Å². The molecule has 7 nitrogen and oxygen atoms in total. The predicted octanol–water partition coefficient (Wildman–Crippen LogP) is 1.36. The maximum Gasteiger partial charge on any atom is 0.230 e. The minimum absolute atomic E-state index is 0.00290. The van der Waals surface area contributed by atoms with Gasteiger partial charge in [-0.05, 0) is 12.8 Å². The summed E-state index contributed by atoms with van der Waals surface area (Å²) in [4.78, 5) is 23.6. The third-order valence-electron chi connectivity index (χ3n) is 3.45. The number of nitrogen functional groups attached to an aromatic ring is 2. The monoisotopic (exact) mass is 310 g/mol. The first-order valence-corrected chi connectivity index (χ1v) is 8.31. The summed E-state index contributed by atoms with van der Waals surface area (Å²) in [6, 6.07) is 0.298. The number of carbonyl (C=O) groups excluding carboxylic acids is 1. The summed E-state index contributed by atoms with van der Waals surface area (Å²) < 4.78 is 0. The second-order valence-electron chi connectivity index (χ2n) is 5.23. The fraction of sp³-hybridized carbons (Fsp3) is 0.692. The van der Waals surface area contributed by atoms with Gasteiger partial charge in [0.05, 0.1) is 5.75 Å². The van der Waals surface area contributed by atoms with Crippen LogP contribution in [0.15, 0.2) is 5.16 Å². The highest BCUT2D eigenvalue weighted by atomic mass is 32.2. The highest BCUT2D eigenvalue weighted by Crippen LogP contribution is 2.18. The molecule has 1 saturated carbocycles. The van der Waals surface area contributed by atoms with E-state index in [1.165, 1.54) is 43.9 Å². The van der Waals surface area contributed by atoms with Gasteiger partial charge in [0.2, 0.25) is 17.8 Å². The molecular weight excluding hydrogens is 288 g/mol. The summed E-state index contributed by atoms with van der Waals surface area (Å²) in [7, 11) is 0. The molecule has 0 spiro atoms. The van der Waals surface area contributed by atoms with Gasteiger partial charge in [-0.2, -0.15) is 15.0 Å². The Morgan fingerprint density at radius 2 is 1.62 bits per heavy atom. The highest BCUT2D eigenvalue weighted by Gasteiger charge is 2.14. The van der Waals surface area contributed by atoms with Gasteiger partial charge in [-0.15, -0.1) is 0 Å². The first-order chi connectivity index (χ1) is 10.1. The second-order valence-corrected chi connectivity index (χ2v) is 6.18. The first kappa shape index (κ1) is 15.8. The molecule has 0 saturated heterocycles. The number of hydrogen-bond donors (Lipinski definition) is 3. The van der Waals surface area contributed by atoms with Gasteiger partial charge in [-0.25, -0.2) is 0 Å². The van der Waals surface area contributed by atoms with Crippen LogP contribution in [0.5, 0.6) is 0 Å². The number of carbonyl (C=O) groups is 1. The average molecular weight is 310 g/mol. The molecule has 0 radical (unpaired) electrons. The van der Waals surface area contributed by atoms with Gasteiger partial charge in [-0.3, -0.25) is 4.79 Å². The van der Waals surface area contributed by atoms with E-state index < -0.39 is 0 Å². The SMILES string of the molecule is Nc1nc(N)nc(SCC(=O)NC2CCCCCCC2)n1. The Morgan fingerprint density at radius 3 is 2.24 bits per heavy atom. The number of rotatable bonds is 4. The van der Waals surface area contributed by atoms with Crippen molar-refractivity contribution in [1.29, 1.82) is 0 Å². The van der Waals surface area contributed by atoms with E-state index in [1.807, 2.05) is 0 Å². The third-order valence-corrected chi connectivity index (χ3v) is 4.30. The Morgan fingerprint density at radius 1 is 1.05 bits per heavy atom. The van der Waals surface area contributed by atoms with Crippen LogP contribution in [0.1, 0.15) is 44.9 Å². The maximum absolute atomic E-state index is 12.0. The summed E-state index contributed by atoms with van der Waals surface area (Å²) in [6.45, 7) is 0. The molecule has 5 N–H and O–H groups in total. The minimum Gasteiger partial charge on any atom is -0.368 e. The van der Waals surface area contributed by atoms with Crippen LogP contribution in [-0.4, -0.2) is 32.7 Å². The number of hydrogen-bond acceptors (Lipinski definition) is 7. The molecule has 8 heteroatoms. The van der Waals surface area contributed by atoms with E-state index in [2.05, 4.69) is 20.3 Å². The smallest absolute Gasteiger partial charge is 0.230 e. The van der Waals surface area contributed by atoms with Gasteiger partial charge in [0.25, 0.3) is 0 Å². The van der Waals surface area contributed by atoms with E-state index in [0.29, 0.717) is 11.2 Å². The summed E-state index contributed by atoms with van der Waals surface area (Å²) >= 11 is 1.22. The zero-order valence-corrected chi connectivity index (χ0v) is 12.9. The lowest BCUT2D eigenvalue weighted by Gasteiger charge is -2.20. The van der Waals surface area contributed by atoms with Gasteiger partial charge in [-0.1, -0.05) is 43.9 Å². The van der Waals surface area contributed by atoms with Gasteiger partial charge in [0, 0.05) is 6.04 Å². The lowest BCUT2D eigenvalue weighted by atomic mass is 9.97. The van der Waals surface area contributed by atoms with Crippen LogP contribution in [-0.2, 0) is 4.79 Å². The molecule has 1 aliphatic carbocycles. The Balaban J connectivity index is 1.78. The molecule has 1 amide bonds. The Kier molecular flexibility index (Phi) is 6.04. The molecule has 1 aliphatic rings. The van der Waals surface area contributed by atoms with Crippen LogP contribution in [0.4, 0.5) is 11.9 Å². The number of nitrogens with zero attached hydrogens (tertiary/aromatic N) is 3. The summed E-state index contributed by atoms with van der Waals surface area (Å²) in [6.07, 6.45) is 8.38. The molecule has 21 heavy (non-hydrogen) atoms. The van der Waals surface area contributed by atoms with Crippen molar-refractivity contribution in [3.63, 3.8) is 0 Å². The fourth-order valence-corrected chi connectivity index (χ4v) is 3.11. The fourth-order valence-electron chi connectivity index (χ4n) is 2.45. The van der Waals surface area contributed by atoms with Crippen molar-refractivity contribution in [2.45, 2.75) is 56.1 Å². The van der Waals surface area contributed by atoms with Crippen molar-refractivity contribution >= 4 is 29.6 Å². The number of nitrogens with two attached hydrogens (primary N) is 2. The molecule has 0 aromatic carbocycles. The number of thioether (sulfide) groups is 1. The van der Waals surface area contributed by atoms with Crippen molar-refractivity contribution in [2.75, 3.05) is 17.2 Å². The normalized spacial score (nSPS) is 17.0. The van der Waals surface area contributed by atoms with Crippen molar-refractivity contribution in [3.8, 4) is 0 Å². The Bertz CT molecular complexity index is 455. The average Bonchev–Trinajstić information content (AvgIpc) is 2.38. The van der Waals surface area contributed by atoms with E-state index in [4.69, 9.17) is 11.5 Å². The predicted molar refractivity (Wildman–Crippen MR) is 83.6 cm³/mol. The van der Waals surface area contributed by atoms with Crippen LogP contribution in [0.2, 0.25) is 0 Å². The van der Waals surface area contributed by atoms with E-state index in [0.717, 1.165) is 12.8 Å². The van der Waals surface area contributed by atoms with Gasteiger partial charge >= 0.3 is 0 Å². The van der Waals surface area contributed by atoms with Crippen LogP contribution in [0.25, 0.3) is 0 Å². The summed E-state index contributed by atoms with van der Waals surface area (Å²) in [5.74, 6) is 0.415. The topological polar surface area (TPSA) is 120 Å². The molecule has 1 aromatic rings. The lowest BCUT2D eigenvalue weighted by Crippen LogP contribution is -2.36. The molecule has 116 valence electrons. The molecule has 0 unspecified atom stereocenters. The molecular formula is C13H22N6OS. The molecule has 2 rings (SSSR count). The number of aromatic nitrogens is 3. The van der Waals surface area contributed by atoms with Crippen molar-refractivity contribution in [2.24, 2.45) is 0 Å². The molecule has 1 fully saturated rings. The largest absolute Gasteiger partial charge is 0.368 e. The number of amides is 1. The first-order valence-electron chi connectivity index (χ1n) is 7.32.